The summed E-state index contributed by atoms with van der Waals surface area (Å²) in [7, 11) is 0. The lowest BCUT2D eigenvalue weighted by atomic mass is 10.1. The zero-order chi connectivity index (χ0) is 20.2. The summed E-state index contributed by atoms with van der Waals surface area (Å²) in [5.41, 5.74) is 2.93. The number of hydrogen-bond acceptors (Lipinski definition) is 5. The quantitative estimate of drug-likeness (QED) is 0.589. The standard InChI is InChI=1S/C23H23N3O3/c1-3-16-8-10-17(11-9-16)15-26-20(12-13-21(26)27)23-24-22(25-29-23)18-6-5-7-19(14-18)28-4-2/h3,5-11,14,20H,1,4,12-13,15H2,2H3. The molecule has 29 heavy (non-hydrogen) atoms. The van der Waals surface area contributed by atoms with Gasteiger partial charge in [0, 0.05) is 18.5 Å². The molecule has 0 N–H and O–H groups in total. The third kappa shape index (κ3) is 4.06. The van der Waals surface area contributed by atoms with E-state index in [4.69, 9.17) is 9.26 Å². The summed E-state index contributed by atoms with van der Waals surface area (Å²) in [6.45, 7) is 6.81. The number of hydrogen-bond donors (Lipinski definition) is 0. The number of carbonyl (C=O) groups excluding carboxylic acids is 1. The van der Waals surface area contributed by atoms with Crippen LogP contribution in [0.5, 0.6) is 5.75 Å². The van der Waals surface area contributed by atoms with Crippen molar-refractivity contribution in [3.8, 4) is 17.1 Å². The van der Waals surface area contributed by atoms with Gasteiger partial charge in [0.05, 0.1) is 6.61 Å². The van der Waals surface area contributed by atoms with E-state index >= 15 is 0 Å². The molecule has 0 spiro atoms. The van der Waals surface area contributed by atoms with E-state index in [0.29, 0.717) is 37.7 Å². The van der Waals surface area contributed by atoms with Crippen LogP contribution in [0.15, 0.2) is 59.6 Å². The molecule has 1 amide bonds. The molecule has 2 aromatic carbocycles. The van der Waals surface area contributed by atoms with E-state index in [1.54, 1.807) is 6.08 Å². The monoisotopic (exact) mass is 389 g/mol. The number of ether oxygens (including phenoxy) is 1. The van der Waals surface area contributed by atoms with Gasteiger partial charge < -0.3 is 14.2 Å². The summed E-state index contributed by atoms with van der Waals surface area (Å²) in [6, 6.07) is 15.4. The smallest absolute Gasteiger partial charge is 0.249 e. The number of carbonyl (C=O) groups is 1. The first-order valence-corrected chi connectivity index (χ1v) is 9.75. The third-order valence-electron chi connectivity index (χ3n) is 5.03. The summed E-state index contributed by atoms with van der Waals surface area (Å²) in [5.74, 6) is 1.82. The van der Waals surface area contributed by atoms with Gasteiger partial charge in [-0.15, -0.1) is 0 Å². The van der Waals surface area contributed by atoms with Crippen molar-refractivity contribution in [1.29, 1.82) is 0 Å². The van der Waals surface area contributed by atoms with E-state index in [0.717, 1.165) is 22.4 Å². The molecule has 3 aromatic rings. The van der Waals surface area contributed by atoms with Crippen LogP contribution in [0.4, 0.5) is 0 Å². The molecule has 1 atom stereocenters. The molecular formula is C23H23N3O3. The Morgan fingerprint density at radius 1 is 1.28 bits per heavy atom. The SMILES string of the molecule is C=Cc1ccc(CN2C(=O)CCC2c2nc(-c3cccc(OCC)c3)no2)cc1. The molecule has 1 aliphatic heterocycles. The molecule has 6 nitrogen and oxygen atoms in total. The molecule has 1 aliphatic rings. The van der Waals surface area contributed by atoms with Gasteiger partial charge in [0.1, 0.15) is 11.8 Å². The van der Waals surface area contributed by atoms with Crippen LogP contribution < -0.4 is 4.74 Å². The first-order valence-electron chi connectivity index (χ1n) is 9.75. The van der Waals surface area contributed by atoms with Crippen LogP contribution >= 0.6 is 0 Å². The summed E-state index contributed by atoms with van der Waals surface area (Å²) in [6.07, 6.45) is 2.95. The fourth-order valence-corrected chi connectivity index (χ4v) is 3.52. The largest absolute Gasteiger partial charge is 0.494 e. The molecular weight excluding hydrogens is 366 g/mol. The van der Waals surface area contributed by atoms with Gasteiger partial charge in [0.25, 0.3) is 0 Å². The lowest BCUT2D eigenvalue weighted by Crippen LogP contribution is -2.27. The lowest BCUT2D eigenvalue weighted by molar-refractivity contribution is -0.129. The van der Waals surface area contributed by atoms with Crippen LogP contribution in [0.25, 0.3) is 17.5 Å². The Hall–Kier alpha value is -3.41. The van der Waals surface area contributed by atoms with Gasteiger partial charge in [0.2, 0.25) is 17.6 Å². The van der Waals surface area contributed by atoms with Crippen LogP contribution in [0.3, 0.4) is 0 Å². The number of likely N-dealkylation sites (tertiary alicyclic amines) is 1. The average Bonchev–Trinajstić information content (AvgIpc) is 3.37. The van der Waals surface area contributed by atoms with Crippen molar-refractivity contribution in [2.45, 2.75) is 32.4 Å². The molecule has 2 heterocycles. The predicted octanol–water partition coefficient (Wildman–Crippen LogP) is 4.64. The normalized spacial score (nSPS) is 16.2. The van der Waals surface area contributed by atoms with Gasteiger partial charge in [-0.3, -0.25) is 4.79 Å². The van der Waals surface area contributed by atoms with Crippen LogP contribution in [-0.4, -0.2) is 27.6 Å². The minimum absolute atomic E-state index is 0.0980. The number of nitrogens with zero attached hydrogens (tertiary/aromatic N) is 3. The van der Waals surface area contributed by atoms with E-state index in [1.807, 2.05) is 60.4 Å². The Bertz CT molecular complexity index is 1010. The fourth-order valence-electron chi connectivity index (χ4n) is 3.52. The second kappa shape index (κ2) is 8.31. The van der Waals surface area contributed by atoms with Crippen molar-refractivity contribution in [2.24, 2.45) is 0 Å². The Morgan fingerprint density at radius 3 is 2.86 bits per heavy atom. The molecule has 1 fully saturated rings. The molecule has 0 bridgehead atoms. The van der Waals surface area contributed by atoms with E-state index in [9.17, 15) is 4.79 Å². The number of benzene rings is 2. The third-order valence-corrected chi connectivity index (χ3v) is 5.03. The highest BCUT2D eigenvalue weighted by Gasteiger charge is 2.36. The summed E-state index contributed by atoms with van der Waals surface area (Å²) in [4.78, 5) is 18.9. The maximum absolute atomic E-state index is 12.5. The van der Waals surface area contributed by atoms with Gasteiger partial charge in [-0.1, -0.05) is 54.2 Å². The maximum Gasteiger partial charge on any atom is 0.249 e. The minimum atomic E-state index is -0.210. The Labute approximate surface area is 169 Å². The second-order valence-electron chi connectivity index (χ2n) is 6.94. The van der Waals surface area contributed by atoms with E-state index < -0.39 is 0 Å². The van der Waals surface area contributed by atoms with Gasteiger partial charge in [-0.05, 0) is 36.6 Å². The molecule has 1 saturated heterocycles. The zero-order valence-electron chi connectivity index (χ0n) is 16.4. The average molecular weight is 389 g/mol. The first-order chi connectivity index (χ1) is 14.2. The van der Waals surface area contributed by atoms with Crippen LogP contribution in [0.1, 0.15) is 42.8 Å². The molecule has 1 unspecified atom stereocenters. The van der Waals surface area contributed by atoms with E-state index in [2.05, 4.69) is 16.7 Å². The van der Waals surface area contributed by atoms with E-state index in [-0.39, 0.29) is 11.9 Å². The van der Waals surface area contributed by atoms with Crippen molar-refractivity contribution in [1.82, 2.24) is 15.0 Å². The highest BCUT2D eigenvalue weighted by atomic mass is 16.5. The zero-order valence-corrected chi connectivity index (χ0v) is 16.4. The summed E-state index contributed by atoms with van der Waals surface area (Å²) in [5, 5.41) is 4.13. The highest BCUT2D eigenvalue weighted by Crippen LogP contribution is 2.34. The maximum atomic E-state index is 12.5. The number of amides is 1. The summed E-state index contributed by atoms with van der Waals surface area (Å²) < 4.78 is 11.1. The first kappa shape index (κ1) is 18.9. The minimum Gasteiger partial charge on any atom is -0.494 e. The fraction of sp³-hybridized carbons (Fsp3) is 0.261. The lowest BCUT2D eigenvalue weighted by Gasteiger charge is -2.22. The van der Waals surface area contributed by atoms with Crippen LogP contribution in [0, 0.1) is 0 Å². The van der Waals surface area contributed by atoms with Crippen molar-refractivity contribution < 1.29 is 14.1 Å². The molecule has 148 valence electrons. The Kier molecular flexibility index (Phi) is 5.42. The highest BCUT2D eigenvalue weighted by molar-refractivity contribution is 5.79. The van der Waals surface area contributed by atoms with Gasteiger partial charge in [-0.2, -0.15) is 4.98 Å². The van der Waals surface area contributed by atoms with Crippen molar-refractivity contribution in [3.63, 3.8) is 0 Å². The molecule has 0 aliphatic carbocycles. The molecule has 0 saturated carbocycles. The molecule has 6 heteroatoms. The van der Waals surface area contributed by atoms with E-state index in [1.165, 1.54) is 0 Å². The summed E-state index contributed by atoms with van der Waals surface area (Å²) >= 11 is 0. The van der Waals surface area contributed by atoms with Crippen LogP contribution in [-0.2, 0) is 11.3 Å². The Balaban J connectivity index is 1.54. The molecule has 0 radical (unpaired) electrons. The second-order valence-corrected chi connectivity index (χ2v) is 6.94. The van der Waals surface area contributed by atoms with Gasteiger partial charge in [0.15, 0.2) is 0 Å². The molecule has 4 rings (SSSR count). The van der Waals surface area contributed by atoms with Crippen molar-refractivity contribution >= 4 is 12.0 Å². The molecule has 1 aromatic heterocycles. The predicted molar refractivity (Wildman–Crippen MR) is 110 cm³/mol. The van der Waals surface area contributed by atoms with Crippen molar-refractivity contribution in [2.75, 3.05) is 6.61 Å². The number of aromatic nitrogens is 2. The topological polar surface area (TPSA) is 68.5 Å². The Morgan fingerprint density at radius 2 is 2.10 bits per heavy atom. The van der Waals surface area contributed by atoms with Gasteiger partial charge >= 0.3 is 0 Å². The van der Waals surface area contributed by atoms with Crippen molar-refractivity contribution in [3.05, 3.63) is 72.1 Å². The number of rotatable bonds is 7. The van der Waals surface area contributed by atoms with Crippen LogP contribution in [0.2, 0.25) is 0 Å². The van der Waals surface area contributed by atoms with Gasteiger partial charge in [-0.25, -0.2) is 0 Å².